The van der Waals surface area contributed by atoms with Crippen molar-refractivity contribution in [1.82, 2.24) is 4.57 Å². The smallest absolute Gasteiger partial charge is 0.416 e. The van der Waals surface area contributed by atoms with E-state index in [4.69, 9.17) is 0 Å². The highest BCUT2D eigenvalue weighted by atomic mass is 19.4. The summed E-state index contributed by atoms with van der Waals surface area (Å²) >= 11 is 0. The second-order valence-corrected chi connectivity index (χ2v) is 9.40. The number of aromatic nitrogens is 1. The molecule has 0 saturated heterocycles. The summed E-state index contributed by atoms with van der Waals surface area (Å²) in [6.07, 6.45) is -1.00. The summed E-state index contributed by atoms with van der Waals surface area (Å²) in [6, 6.07) is 11.7. The molecule has 2 atom stereocenters. The standard InChI is InChI=1S/C27H30F3NO2/c1-4-23(17-8-11-20(12-9-17)27(28,29)30)31-24-13-10-18(16(2)3)14-22(24)21-7-5-6-19(26(21)31)15-25(32)33/h8-14,16,19,23H,4-7,15H2,1-3H3,(H,32,33). The molecule has 0 spiro atoms. The van der Waals surface area contributed by atoms with Crippen molar-refractivity contribution in [2.75, 3.05) is 0 Å². The molecule has 4 rings (SSSR count). The number of hydrogen-bond acceptors (Lipinski definition) is 1. The fourth-order valence-corrected chi connectivity index (χ4v) is 5.35. The van der Waals surface area contributed by atoms with Crippen molar-refractivity contribution in [3.8, 4) is 0 Å². The number of rotatable bonds is 6. The summed E-state index contributed by atoms with van der Waals surface area (Å²) in [5, 5.41) is 10.7. The van der Waals surface area contributed by atoms with Crippen LogP contribution in [0.15, 0.2) is 42.5 Å². The topological polar surface area (TPSA) is 42.2 Å². The van der Waals surface area contributed by atoms with Crippen LogP contribution < -0.4 is 0 Å². The molecule has 1 aromatic heterocycles. The average Bonchev–Trinajstić information content (AvgIpc) is 3.08. The fourth-order valence-electron chi connectivity index (χ4n) is 5.35. The molecule has 0 saturated carbocycles. The Hall–Kier alpha value is -2.76. The number of fused-ring (bicyclic) bond motifs is 3. The first-order chi connectivity index (χ1) is 15.6. The molecule has 33 heavy (non-hydrogen) atoms. The van der Waals surface area contributed by atoms with Gasteiger partial charge in [0.1, 0.15) is 0 Å². The number of carbonyl (C=O) groups is 1. The molecule has 1 N–H and O–H groups in total. The van der Waals surface area contributed by atoms with Gasteiger partial charge in [0, 0.05) is 22.5 Å². The molecule has 1 aliphatic rings. The third-order valence-electron chi connectivity index (χ3n) is 6.95. The molecular formula is C27H30F3NO2. The molecule has 0 radical (unpaired) electrons. The minimum Gasteiger partial charge on any atom is -0.481 e. The molecule has 2 unspecified atom stereocenters. The maximum atomic E-state index is 13.1. The molecule has 3 nitrogen and oxygen atoms in total. The lowest BCUT2D eigenvalue weighted by molar-refractivity contribution is -0.138. The normalized spacial score (nSPS) is 17.4. The van der Waals surface area contributed by atoms with Gasteiger partial charge in [-0.3, -0.25) is 4.79 Å². The molecular weight excluding hydrogens is 427 g/mol. The van der Waals surface area contributed by atoms with Crippen LogP contribution in [0, 0.1) is 0 Å². The summed E-state index contributed by atoms with van der Waals surface area (Å²) < 4.78 is 41.6. The molecule has 1 aliphatic carbocycles. The van der Waals surface area contributed by atoms with Crippen molar-refractivity contribution in [3.63, 3.8) is 0 Å². The lowest BCUT2D eigenvalue weighted by Crippen LogP contribution is -2.20. The molecule has 0 fully saturated rings. The van der Waals surface area contributed by atoms with Crippen LogP contribution >= 0.6 is 0 Å². The van der Waals surface area contributed by atoms with E-state index in [1.807, 2.05) is 6.92 Å². The number of aliphatic carboxylic acids is 1. The lowest BCUT2D eigenvalue weighted by Gasteiger charge is -2.29. The Morgan fingerprint density at radius 3 is 2.36 bits per heavy atom. The highest BCUT2D eigenvalue weighted by Crippen LogP contribution is 2.44. The summed E-state index contributed by atoms with van der Waals surface area (Å²) in [4.78, 5) is 11.7. The van der Waals surface area contributed by atoms with Gasteiger partial charge >= 0.3 is 12.1 Å². The van der Waals surface area contributed by atoms with Gasteiger partial charge in [-0.05, 0) is 72.6 Å². The zero-order chi connectivity index (χ0) is 23.9. The maximum absolute atomic E-state index is 13.1. The zero-order valence-electron chi connectivity index (χ0n) is 19.2. The molecule has 3 aromatic rings. The second-order valence-electron chi connectivity index (χ2n) is 9.40. The molecule has 0 bridgehead atoms. The molecule has 6 heteroatoms. The van der Waals surface area contributed by atoms with Gasteiger partial charge in [0.05, 0.1) is 18.0 Å². The Balaban J connectivity index is 1.93. The molecule has 2 aromatic carbocycles. The van der Waals surface area contributed by atoms with Crippen LogP contribution in [-0.4, -0.2) is 15.6 Å². The lowest BCUT2D eigenvalue weighted by atomic mass is 9.84. The van der Waals surface area contributed by atoms with Gasteiger partial charge in [-0.15, -0.1) is 0 Å². The van der Waals surface area contributed by atoms with Crippen LogP contribution in [0.5, 0.6) is 0 Å². The van der Waals surface area contributed by atoms with Gasteiger partial charge < -0.3 is 9.67 Å². The summed E-state index contributed by atoms with van der Waals surface area (Å²) in [7, 11) is 0. The summed E-state index contributed by atoms with van der Waals surface area (Å²) in [5.41, 5.74) is 4.66. The molecule has 0 aliphatic heterocycles. The number of hydrogen-bond donors (Lipinski definition) is 1. The minimum atomic E-state index is -4.38. The van der Waals surface area contributed by atoms with E-state index < -0.39 is 17.7 Å². The largest absolute Gasteiger partial charge is 0.481 e. The third kappa shape index (κ3) is 4.40. The number of benzene rings is 2. The Morgan fingerprint density at radius 1 is 1.12 bits per heavy atom. The monoisotopic (exact) mass is 457 g/mol. The quantitative estimate of drug-likeness (QED) is 0.412. The minimum absolute atomic E-state index is 0.0593. The predicted octanol–water partition coefficient (Wildman–Crippen LogP) is 7.68. The molecule has 0 amide bonds. The van der Waals surface area contributed by atoms with Crippen LogP contribution in [-0.2, 0) is 17.4 Å². The Kier molecular flexibility index (Phi) is 6.30. The summed E-state index contributed by atoms with van der Waals surface area (Å²) in [6.45, 7) is 6.32. The molecule has 1 heterocycles. The van der Waals surface area contributed by atoms with Gasteiger partial charge in [0.2, 0.25) is 0 Å². The van der Waals surface area contributed by atoms with Gasteiger partial charge in [-0.25, -0.2) is 0 Å². The number of carboxylic acid groups (broad SMARTS) is 1. The zero-order valence-corrected chi connectivity index (χ0v) is 19.2. The van der Waals surface area contributed by atoms with Crippen LogP contribution in [0.25, 0.3) is 10.9 Å². The van der Waals surface area contributed by atoms with E-state index >= 15 is 0 Å². The van der Waals surface area contributed by atoms with E-state index in [1.54, 1.807) is 12.1 Å². The van der Waals surface area contributed by atoms with Crippen LogP contribution in [0.1, 0.15) is 92.3 Å². The van der Waals surface area contributed by atoms with Crippen LogP contribution in [0.3, 0.4) is 0 Å². The highest BCUT2D eigenvalue weighted by Gasteiger charge is 2.33. The highest BCUT2D eigenvalue weighted by molar-refractivity contribution is 5.87. The Labute approximate surface area is 192 Å². The van der Waals surface area contributed by atoms with Gasteiger partial charge in [-0.2, -0.15) is 13.2 Å². The van der Waals surface area contributed by atoms with Crippen molar-refractivity contribution >= 4 is 16.9 Å². The SMILES string of the molecule is CCC(c1ccc(C(F)(F)F)cc1)n1c2c(c3cc(C(C)C)ccc31)CCCC2CC(=O)O. The average molecular weight is 458 g/mol. The number of halogens is 3. The fraction of sp³-hybridized carbons (Fsp3) is 0.444. The molecule has 176 valence electrons. The Morgan fingerprint density at radius 2 is 1.79 bits per heavy atom. The Bertz CT molecular complexity index is 1160. The first-order valence-corrected chi connectivity index (χ1v) is 11.7. The van der Waals surface area contributed by atoms with Crippen LogP contribution in [0.4, 0.5) is 13.2 Å². The van der Waals surface area contributed by atoms with E-state index in [-0.39, 0.29) is 18.4 Å². The second kappa shape index (κ2) is 8.88. The summed E-state index contributed by atoms with van der Waals surface area (Å²) in [5.74, 6) is -0.566. The number of aryl methyl sites for hydroxylation is 1. The van der Waals surface area contributed by atoms with E-state index in [9.17, 15) is 23.1 Å². The van der Waals surface area contributed by atoms with Gasteiger partial charge in [0.15, 0.2) is 0 Å². The van der Waals surface area contributed by atoms with Crippen molar-refractivity contribution in [2.45, 2.75) is 76.9 Å². The third-order valence-corrected chi connectivity index (χ3v) is 6.95. The van der Waals surface area contributed by atoms with E-state index in [0.29, 0.717) is 12.3 Å². The van der Waals surface area contributed by atoms with Crippen molar-refractivity contribution < 1.29 is 23.1 Å². The van der Waals surface area contributed by atoms with Crippen molar-refractivity contribution in [2.24, 2.45) is 0 Å². The van der Waals surface area contributed by atoms with Gasteiger partial charge in [0.25, 0.3) is 0 Å². The first-order valence-electron chi connectivity index (χ1n) is 11.7. The first kappa shape index (κ1) is 23.4. The van der Waals surface area contributed by atoms with Crippen molar-refractivity contribution in [1.29, 1.82) is 0 Å². The maximum Gasteiger partial charge on any atom is 0.416 e. The van der Waals surface area contributed by atoms with E-state index in [2.05, 4.69) is 36.6 Å². The van der Waals surface area contributed by atoms with E-state index in [1.165, 1.54) is 11.1 Å². The number of alkyl halides is 3. The number of carboxylic acids is 1. The van der Waals surface area contributed by atoms with Gasteiger partial charge in [-0.1, -0.05) is 39.0 Å². The van der Waals surface area contributed by atoms with E-state index in [0.717, 1.165) is 53.6 Å². The van der Waals surface area contributed by atoms with Crippen molar-refractivity contribution in [3.05, 3.63) is 70.4 Å². The number of nitrogens with zero attached hydrogens (tertiary/aromatic N) is 1. The predicted molar refractivity (Wildman–Crippen MR) is 124 cm³/mol. The van der Waals surface area contributed by atoms with Crippen LogP contribution in [0.2, 0.25) is 0 Å².